The summed E-state index contributed by atoms with van der Waals surface area (Å²) in [6.45, 7) is 7.25. The van der Waals surface area contributed by atoms with Gasteiger partial charge >= 0.3 is 0 Å². The highest BCUT2D eigenvalue weighted by Crippen LogP contribution is 2.22. The monoisotopic (exact) mass is 389 g/mol. The SMILES string of the molecule is CC(C)CNC(=O)[C@@H](C)N1CCN(S(=O)(=O)c2cc(F)ccc2F)CC1. The molecule has 146 valence electrons. The van der Waals surface area contributed by atoms with E-state index in [0.717, 1.165) is 16.4 Å². The number of hydrogen-bond acceptors (Lipinski definition) is 4. The third-order valence-corrected chi connectivity index (χ3v) is 6.31. The first-order valence-corrected chi connectivity index (χ1v) is 10.0. The standard InChI is InChI=1S/C17H25F2N3O3S/c1-12(2)11-20-17(23)13(3)21-6-8-22(9-7-21)26(24,25)16-10-14(18)4-5-15(16)19/h4-5,10,12-13H,6-9,11H2,1-3H3,(H,20,23)/t13-/m1/s1. The third kappa shape index (κ3) is 4.77. The fourth-order valence-corrected chi connectivity index (χ4v) is 4.26. The number of benzene rings is 1. The lowest BCUT2D eigenvalue weighted by Gasteiger charge is -2.36. The molecular weight excluding hydrogens is 364 g/mol. The molecule has 0 radical (unpaired) electrons. The van der Waals surface area contributed by atoms with Gasteiger partial charge in [-0.05, 0) is 31.0 Å². The topological polar surface area (TPSA) is 69.7 Å². The summed E-state index contributed by atoms with van der Waals surface area (Å²) in [5.41, 5.74) is 0. The highest BCUT2D eigenvalue weighted by atomic mass is 32.2. The van der Waals surface area contributed by atoms with E-state index < -0.39 is 26.6 Å². The third-order valence-electron chi connectivity index (χ3n) is 4.40. The summed E-state index contributed by atoms with van der Waals surface area (Å²) in [5, 5.41) is 2.86. The van der Waals surface area contributed by atoms with E-state index in [-0.39, 0.29) is 25.0 Å². The zero-order chi connectivity index (χ0) is 19.5. The van der Waals surface area contributed by atoms with Crippen LogP contribution < -0.4 is 5.32 Å². The molecule has 1 aromatic carbocycles. The molecule has 2 rings (SSSR count). The average Bonchev–Trinajstić information content (AvgIpc) is 2.61. The lowest BCUT2D eigenvalue weighted by atomic mass is 10.2. The molecule has 0 saturated carbocycles. The Labute approximate surface area is 153 Å². The van der Waals surface area contributed by atoms with Gasteiger partial charge in [-0.15, -0.1) is 0 Å². The van der Waals surface area contributed by atoms with Crippen molar-refractivity contribution in [1.82, 2.24) is 14.5 Å². The molecule has 1 aliphatic heterocycles. The number of nitrogens with one attached hydrogen (secondary N) is 1. The molecule has 0 bridgehead atoms. The Morgan fingerprint density at radius 1 is 1.15 bits per heavy atom. The van der Waals surface area contributed by atoms with Crippen LogP contribution >= 0.6 is 0 Å². The molecule has 0 aromatic heterocycles. The second-order valence-corrected chi connectivity index (χ2v) is 8.74. The van der Waals surface area contributed by atoms with Crippen molar-refractivity contribution in [1.29, 1.82) is 0 Å². The molecule has 26 heavy (non-hydrogen) atoms. The molecule has 1 aliphatic rings. The fourth-order valence-electron chi connectivity index (χ4n) is 2.76. The minimum Gasteiger partial charge on any atom is -0.354 e. The molecule has 1 amide bonds. The predicted molar refractivity (Wildman–Crippen MR) is 94.0 cm³/mol. The summed E-state index contributed by atoms with van der Waals surface area (Å²) in [4.78, 5) is 13.4. The van der Waals surface area contributed by atoms with Crippen molar-refractivity contribution in [3.8, 4) is 0 Å². The van der Waals surface area contributed by atoms with Crippen LogP contribution in [0.4, 0.5) is 8.78 Å². The van der Waals surface area contributed by atoms with Crippen LogP contribution in [0.2, 0.25) is 0 Å². The maximum absolute atomic E-state index is 13.8. The lowest BCUT2D eigenvalue weighted by molar-refractivity contribution is -0.126. The molecule has 1 heterocycles. The predicted octanol–water partition coefficient (Wildman–Crippen LogP) is 1.43. The van der Waals surface area contributed by atoms with E-state index in [2.05, 4.69) is 5.32 Å². The summed E-state index contributed by atoms with van der Waals surface area (Å²) in [6.07, 6.45) is 0. The average molecular weight is 389 g/mol. The Balaban J connectivity index is 2.01. The van der Waals surface area contributed by atoms with Crippen LogP contribution in [-0.2, 0) is 14.8 Å². The number of rotatable bonds is 6. The number of hydrogen-bond donors (Lipinski definition) is 1. The van der Waals surface area contributed by atoms with Crippen molar-refractivity contribution in [2.45, 2.75) is 31.7 Å². The van der Waals surface area contributed by atoms with Gasteiger partial charge in [0.1, 0.15) is 16.5 Å². The van der Waals surface area contributed by atoms with E-state index in [9.17, 15) is 22.0 Å². The first kappa shape index (κ1) is 20.7. The maximum atomic E-state index is 13.8. The molecule has 1 atom stereocenters. The highest BCUT2D eigenvalue weighted by molar-refractivity contribution is 7.89. The fraction of sp³-hybridized carbons (Fsp3) is 0.588. The van der Waals surface area contributed by atoms with Gasteiger partial charge in [0.15, 0.2) is 0 Å². The summed E-state index contributed by atoms with van der Waals surface area (Å²) >= 11 is 0. The molecule has 1 N–H and O–H groups in total. The van der Waals surface area contributed by atoms with Gasteiger partial charge in [0.25, 0.3) is 0 Å². The van der Waals surface area contributed by atoms with Crippen LogP contribution in [0.1, 0.15) is 20.8 Å². The van der Waals surface area contributed by atoms with Crippen molar-refractivity contribution in [2.24, 2.45) is 5.92 Å². The number of carbonyl (C=O) groups is 1. The Morgan fingerprint density at radius 2 is 1.77 bits per heavy atom. The molecule has 9 heteroatoms. The van der Waals surface area contributed by atoms with Gasteiger partial charge in [-0.2, -0.15) is 4.31 Å². The normalized spacial score (nSPS) is 18.1. The largest absolute Gasteiger partial charge is 0.354 e. The van der Waals surface area contributed by atoms with Crippen LogP contribution in [0.15, 0.2) is 23.1 Å². The van der Waals surface area contributed by atoms with Gasteiger partial charge < -0.3 is 5.32 Å². The summed E-state index contributed by atoms with van der Waals surface area (Å²) in [6, 6.07) is 1.99. The van der Waals surface area contributed by atoms with E-state index >= 15 is 0 Å². The van der Waals surface area contributed by atoms with Crippen molar-refractivity contribution in [3.05, 3.63) is 29.8 Å². The number of carbonyl (C=O) groups excluding carboxylic acids is 1. The number of nitrogens with zero attached hydrogens (tertiary/aromatic N) is 2. The zero-order valence-electron chi connectivity index (χ0n) is 15.2. The molecule has 1 aromatic rings. The van der Waals surface area contributed by atoms with Gasteiger partial charge in [0.05, 0.1) is 6.04 Å². The van der Waals surface area contributed by atoms with Gasteiger partial charge in [0, 0.05) is 32.7 Å². The van der Waals surface area contributed by atoms with E-state index in [0.29, 0.717) is 31.6 Å². The van der Waals surface area contributed by atoms with E-state index in [4.69, 9.17) is 0 Å². The summed E-state index contributed by atoms with van der Waals surface area (Å²) < 4.78 is 53.4. The van der Waals surface area contributed by atoms with Crippen molar-refractivity contribution >= 4 is 15.9 Å². The molecule has 1 fully saturated rings. The first-order chi connectivity index (χ1) is 12.1. The van der Waals surface area contributed by atoms with E-state index in [1.54, 1.807) is 6.92 Å². The molecule has 0 unspecified atom stereocenters. The van der Waals surface area contributed by atoms with E-state index in [1.807, 2.05) is 18.7 Å². The lowest BCUT2D eigenvalue weighted by Crippen LogP contribution is -2.55. The van der Waals surface area contributed by atoms with Gasteiger partial charge in [-0.25, -0.2) is 17.2 Å². The minimum absolute atomic E-state index is 0.105. The Bertz CT molecular complexity index is 748. The molecule has 0 aliphatic carbocycles. The quantitative estimate of drug-likeness (QED) is 0.799. The number of piperazine rings is 1. The Kier molecular flexibility index (Phi) is 6.70. The number of sulfonamides is 1. The van der Waals surface area contributed by atoms with Crippen molar-refractivity contribution in [2.75, 3.05) is 32.7 Å². The summed E-state index contributed by atoms with van der Waals surface area (Å²) in [5.74, 6) is -1.55. The zero-order valence-corrected chi connectivity index (χ0v) is 16.0. The first-order valence-electron chi connectivity index (χ1n) is 8.60. The maximum Gasteiger partial charge on any atom is 0.246 e. The van der Waals surface area contributed by atoms with Crippen molar-refractivity contribution in [3.63, 3.8) is 0 Å². The molecule has 6 nitrogen and oxygen atoms in total. The molecular formula is C17H25F2N3O3S. The summed E-state index contributed by atoms with van der Waals surface area (Å²) in [7, 11) is -4.11. The van der Waals surface area contributed by atoms with Gasteiger partial charge in [-0.1, -0.05) is 13.8 Å². The van der Waals surface area contributed by atoms with Crippen LogP contribution in [-0.4, -0.2) is 62.3 Å². The second kappa shape index (κ2) is 8.41. The van der Waals surface area contributed by atoms with Crippen LogP contribution in [0, 0.1) is 17.6 Å². The van der Waals surface area contributed by atoms with Crippen LogP contribution in [0.25, 0.3) is 0 Å². The number of amides is 1. The second-order valence-electron chi connectivity index (χ2n) is 6.83. The van der Waals surface area contributed by atoms with Gasteiger partial charge in [0.2, 0.25) is 15.9 Å². The van der Waals surface area contributed by atoms with Crippen LogP contribution in [0.3, 0.4) is 0 Å². The van der Waals surface area contributed by atoms with Crippen LogP contribution in [0.5, 0.6) is 0 Å². The van der Waals surface area contributed by atoms with Gasteiger partial charge in [-0.3, -0.25) is 9.69 Å². The highest BCUT2D eigenvalue weighted by Gasteiger charge is 2.33. The molecule has 1 saturated heterocycles. The minimum atomic E-state index is -4.11. The smallest absolute Gasteiger partial charge is 0.246 e. The molecule has 0 spiro atoms. The van der Waals surface area contributed by atoms with Crippen molar-refractivity contribution < 1.29 is 22.0 Å². The Morgan fingerprint density at radius 3 is 2.35 bits per heavy atom. The number of halogens is 2. The Hall–Kier alpha value is -1.58. The van der Waals surface area contributed by atoms with E-state index in [1.165, 1.54) is 0 Å².